The van der Waals surface area contributed by atoms with Crippen molar-refractivity contribution in [3.8, 4) is 11.5 Å². The second-order valence-electron chi connectivity index (χ2n) is 3.87. The van der Waals surface area contributed by atoms with Gasteiger partial charge in [-0.1, -0.05) is 30.3 Å². The molecule has 0 atom stereocenters. The molecule has 0 amide bonds. The van der Waals surface area contributed by atoms with E-state index in [-0.39, 0.29) is 23.8 Å². The highest BCUT2D eigenvalue weighted by atomic mass is 19.3. The Labute approximate surface area is 113 Å². The van der Waals surface area contributed by atoms with E-state index in [1.165, 1.54) is 18.2 Å². The standard InChI is InChI=1S/C14H11F2NO3/c15-14(16)20-11-6-7-12(17-18)13(8-11)19-9-10-4-2-1-3-5-10/h1-8,14H,9H2. The summed E-state index contributed by atoms with van der Waals surface area (Å²) < 4.78 is 33.9. The van der Waals surface area contributed by atoms with E-state index in [0.717, 1.165) is 5.56 Å². The molecule has 0 heterocycles. The van der Waals surface area contributed by atoms with Crippen LogP contribution in [0.5, 0.6) is 11.5 Å². The van der Waals surface area contributed by atoms with Crippen LogP contribution in [-0.2, 0) is 6.61 Å². The average Bonchev–Trinajstić information content (AvgIpc) is 2.46. The van der Waals surface area contributed by atoms with Crippen LogP contribution < -0.4 is 9.47 Å². The lowest BCUT2D eigenvalue weighted by atomic mass is 10.2. The molecule has 0 aliphatic heterocycles. The topological polar surface area (TPSA) is 47.9 Å². The van der Waals surface area contributed by atoms with Crippen molar-refractivity contribution in [2.75, 3.05) is 0 Å². The van der Waals surface area contributed by atoms with Crippen LogP contribution in [0.2, 0.25) is 0 Å². The summed E-state index contributed by atoms with van der Waals surface area (Å²) in [5, 5.41) is 2.78. The van der Waals surface area contributed by atoms with Gasteiger partial charge in [-0.2, -0.15) is 8.78 Å². The quantitative estimate of drug-likeness (QED) is 0.742. The third-order valence-electron chi connectivity index (χ3n) is 2.49. The van der Waals surface area contributed by atoms with E-state index in [4.69, 9.17) is 4.74 Å². The van der Waals surface area contributed by atoms with Gasteiger partial charge in [-0.15, -0.1) is 4.91 Å². The number of alkyl halides is 2. The zero-order chi connectivity index (χ0) is 14.4. The molecular weight excluding hydrogens is 268 g/mol. The molecule has 4 nitrogen and oxygen atoms in total. The van der Waals surface area contributed by atoms with Crippen molar-refractivity contribution in [3.05, 3.63) is 59.0 Å². The highest BCUT2D eigenvalue weighted by Gasteiger charge is 2.10. The fourth-order valence-electron chi connectivity index (χ4n) is 1.60. The van der Waals surface area contributed by atoms with Gasteiger partial charge in [0.15, 0.2) is 5.75 Å². The summed E-state index contributed by atoms with van der Waals surface area (Å²) in [7, 11) is 0. The summed E-state index contributed by atoms with van der Waals surface area (Å²) >= 11 is 0. The molecule has 2 aromatic carbocycles. The predicted molar refractivity (Wildman–Crippen MR) is 69.3 cm³/mol. The maximum Gasteiger partial charge on any atom is 0.387 e. The molecule has 2 rings (SSSR count). The van der Waals surface area contributed by atoms with E-state index in [9.17, 15) is 13.7 Å². The Bertz CT molecular complexity index is 576. The molecule has 0 saturated carbocycles. The summed E-state index contributed by atoms with van der Waals surface area (Å²) in [4.78, 5) is 10.7. The maximum atomic E-state index is 12.1. The van der Waals surface area contributed by atoms with Crippen molar-refractivity contribution in [1.82, 2.24) is 0 Å². The minimum Gasteiger partial charge on any atom is -0.486 e. The van der Waals surface area contributed by atoms with Gasteiger partial charge in [0.2, 0.25) is 0 Å². The van der Waals surface area contributed by atoms with Crippen LogP contribution in [0.4, 0.5) is 14.5 Å². The molecular formula is C14H11F2NO3. The first-order chi connectivity index (χ1) is 9.69. The molecule has 104 valence electrons. The fourth-order valence-corrected chi connectivity index (χ4v) is 1.60. The van der Waals surface area contributed by atoms with Gasteiger partial charge in [-0.25, -0.2) is 0 Å². The number of benzene rings is 2. The lowest BCUT2D eigenvalue weighted by Gasteiger charge is -2.10. The average molecular weight is 279 g/mol. The molecule has 0 saturated heterocycles. The molecule has 0 bridgehead atoms. The second-order valence-corrected chi connectivity index (χ2v) is 3.87. The van der Waals surface area contributed by atoms with E-state index in [1.54, 1.807) is 0 Å². The fraction of sp³-hybridized carbons (Fsp3) is 0.143. The summed E-state index contributed by atoms with van der Waals surface area (Å²) in [6, 6.07) is 12.9. The van der Waals surface area contributed by atoms with Gasteiger partial charge >= 0.3 is 6.61 Å². The number of halogens is 2. The minimum absolute atomic E-state index is 0.0301. The van der Waals surface area contributed by atoms with Gasteiger partial charge in [0.25, 0.3) is 0 Å². The molecule has 0 aliphatic carbocycles. The van der Waals surface area contributed by atoms with E-state index < -0.39 is 6.61 Å². The van der Waals surface area contributed by atoms with E-state index in [2.05, 4.69) is 9.91 Å². The second kappa shape index (κ2) is 6.60. The number of ether oxygens (including phenoxy) is 2. The highest BCUT2D eigenvalue weighted by molar-refractivity contribution is 5.54. The Balaban J connectivity index is 2.14. The zero-order valence-corrected chi connectivity index (χ0v) is 10.3. The van der Waals surface area contributed by atoms with Crippen LogP contribution in [0, 0.1) is 4.91 Å². The number of hydrogen-bond donors (Lipinski definition) is 0. The molecule has 20 heavy (non-hydrogen) atoms. The Kier molecular flexibility index (Phi) is 4.60. The molecule has 0 fully saturated rings. The van der Waals surface area contributed by atoms with Crippen LogP contribution in [-0.4, -0.2) is 6.61 Å². The Morgan fingerprint density at radius 2 is 1.85 bits per heavy atom. The SMILES string of the molecule is O=Nc1ccc(OC(F)F)cc1OCc1ccccc1. The smallest absolute Gasteiger partial charge is 0.387 e. The van der Waals surface area contributed by atoms with Crippen molar-refractivity contribution < 1.29 is 18.3 Å². The monoisotopic (exact) mass is 279 g/mol. The van der Waals surface area contributed by atoms with Crippen molar-refractivity contribution in [1.29, 1.82) is 0 Å². The van der Waals surface area contributed by atoms with Gasteiger partial charge in [-0.3, -0.25) is 0 Å². The van der Waals surface area contributed by atoms with Crippen LogP contribution in [0.25, 0.3) is 0 Å². The first kappa shape index (κ1) is 13.9. The lowest BCUT2D eigenvalue weighted by Crippen LogP contribution is -2.02. The molecule has 0 N–H and O–H groups in total. The number of nitrogens with zero attached hydrogens (tertiary/aromatic N) is 1. The summed E-state index contributed by atoms with van der Waals surface area (Å²) in [6.07, 6.45) is 0. The summed E-state index contributed by atoms with van der Waals surface area (Å²) in [6.45, 7) is -2.74. The Hall–Kier alpha value is -2.50. The van der Waals surface area contributed by atoms with Crippen LogP contribution in [0.15, 0.2) is 53.7 Å². The third kappa shape index (κ3) is 3.74. The molecule has 0 spiro atoms. The number of nitroso groups, excluding NO2 is 1. The van der Waals surface area contributed by atoms with Crippen molar-refractivity contribution in [3.63, 3.8) is 0 Å². The van der Waals surface area contributed by atoms with E-state index in [1.807, 2.05) is 30.3 Å². The molecule has 0 aliphatic rings. The Morgan fingerprint density at radius 1 is 1.10 bits per heavy atom. The van der Waals surface area contributed by atoms with Crippen molar-refractivity contribution in [2.45, 2.75) is 13.2 Å². The zero-order valence-electron chi connectivity index (χ0n) is 10.3. The normalized spacial score (nSPS) is 10.3. The summed E-state index contributed by atoms with van der Waals surface area (Å²) in [5.41, 5.74) is 0.909. The summed E-state index contributed by atoms with van der Waals surface area (Å²) in [5.74, 6) is 0.0115. The van der Waals surface area contributed by atoms with Crippen LogP contribution >= 0.6 is 0 Å². The van der Waals surface area contributed by atoms with Crippen LogP contribution in [0.3, 0.4) is 0 Å². The van der Waals surface area contributed by atoms with Gasteiger partial charge in [0.1, 0.15) is 18.0 Å². The molecule has 2 aromatic rings. The molecule has 0 radical (unpaired) electrons. The maximum absolute atomic E-state index is 12.1. The van der Waals surface area contributed by atoms with Crippen molar-refractivity contribution >= 4 is 5.69 Å². The van der Waals surface area contributed by atoms with Gasteiger partial charge in [0, 0.05) is 6.07 Å². The largest absolute Gasteiger partial charge is 0.486 e. The Morgan fingerprint density at radius 3 is 2.50 bits per heavy atom. The van der Waals surface area contributed by atoms with Gasteiger partial charge in [-0.05, 0) is 22.9 Å². The lowest BCUT2D eigenvalue weighted by molar-refractivity contribution is -0.0499. The molecule has 0 unspecified atom stereocenters. The molecule has 6 heteroatoms. The third-order valence-corrected chi connectivity index (χ3v) is 2.49. The van der Waals surface area contributed by atoms with Gasteiger partial charge in [0.05, 0.1) is 0 Å². The van der Waals surface area contributed by atoms with Crippen LogP contribution in [0.1, 0.15) is 5.56 Å². The van der Waals surface area contributed by atoms with Gasteiger partial charge < -0.3 is 9.47 Å². The highest BCUT2D eigenvalue weighted by Crippen LogP contribution is 2.32. The number of hydrogen-bond acceptors (Lipinski definition) is 4. The number of rotatable bonds is 6. The van der Waals surface area contributed by atoms with Crippen molar-refractivity contribution in [2.24, 2.45) is 5.18 Å². The van der Waals surface area contributed by atoms with E-state index in [0.29, 0.717) is 0 Å². The first-order valence-electron chi connectivity index (χ1n) is 5.78. The first-order valence-corrected chi connectivity index (χ1v) is 5.78. The molecule has 0 aromatic heterocycles. The predicted octanol–water partition coefficient (Wildman–Crippen LogP) is 4.26. The minimum atomic E-state index is -2.94. The van der Waals surface area contributed by atoms with E-state index >= 15 is 0 Å².